The molecule has 0 aromatic rings. The van der Waals surface area contributed by atoms with E-state index < -0.39 is 0 Å². The van der Waals surface area contributed by atoms with Gasteiger partial charge in [0.15, 0.2) is 0 Å². The first kappa shape index (κ1) is 36.9. The van der Waals surface area contributed by atoms with Gasteiger partial charge in [-0.1, -0.05) is 137 Å². The second-order valence-corrected chi connectivity index (χ2v) is 11.7. The van der Waals surface area contributed by atoms with Crippen molar-refractivity contribution in [3.05, 3.63) is 0 Å². The highest BCUT2D eigenvalue weighted by molar-refractivity contribution is 5.72. The summed E-state index contributed by atoms with van der Waals surface area (Å²) in [5.74, 6) is 1.08. The third-order valence-electron chi connectivity index (χ3n) is 8.20. The van der Waals surface area contributed by atoms with Crippen LogP contribution in [0.5, 0.6) is 0 Å². The van der Waals surface area contributed by atoms with Gasteiger partial charge in [-0.3, -0.25) is 9.59 Å². The Morgan fingerprint density at radius 1 is 0.500 bits per heavy atom. The van der Waals surface area contributed by atoms with Crippen LogP contribution >= 0.6 is 0 Å². The van der Waals surface area contributed by atoms with Crippen LogP contribution in [0.25, 0.3) is 0 Å². The summed E-state index contributed by atoms with van der Waals surface area (Å²) >= 11 is 0. The third-order valence-corrected chi connectivity index (χ3v) is 8.20. The second-order valence-electron chi connectivity index (χ2n) is 11.7. The molecule has 0 aliphatic carbocycles. The predicted molar refractivity (Wildman–Crippen MR) is 162 cm³/mol. The summed E-state index contributed by atoms with van der Waals surface area (Å²) in [5.41, 5.74) is 0. The zero-order chi connectivity index (χ0) is 28.3. The van der Waals surface area contributed by atoms with E-state index in [2.05, 4.69) is 34.6 Å². The van der Waals surface area contributed by atoms with Crippen molar-refractivity contribution in [3.63, 3.8) is 0 Å². The van der Waals surface area contributed by atoms with E-state index in [0.717, 1.165) is 77.0 Å². The summed E-state index contributed by atoms with van der Waals surface area (Å²) in [5, 5.41) is 0. The van der Waals surface area contributed by atoms with Crippen molar-refractivity contribution in [2.75, 3.05) is 13.2 Å². The Balaban J connectivity index is 4.27. The third kappa shape index (κ3) is 21.8. The molecular formula is C34H66O4. The van der Waals surface area contributed by atoms with Crippen LogP contribution in [0.4, 0.5) is 0 Å². The molecule has 0 aromatic carbocycles. The highest BCUT2D eigenvalue weighted by Crippen LogP contribution is 2.22. The van der Waals surface area contributed by atoms with Gasteiger partial charge in [0.1, 0.15) is 0 Å². The standard InChI is InChI=1S/C34H66O4/c1-6-11-14-15-17-20-25-32(34(36)38-29-31(10-5)24-13-8-3)26-21-18-16-19-22-27-33(35)37-28-30(9-4)23-12-7-2/h30-32H,6-29H2,1-5H3. The first-order chi connectivity index (χ1) is 18.5. The van der Waals surface area contributed by atoms with Gasteiger partial charge in [0.05, 0.1) is 19.1 Å². The van der Waals surface area contributed by atoms with Crippen LogP contribution in [-0.2, 0) is 19.1 Å². The van der Waals surface area contributed by atoms with Crippen LogP contribution in [0.2, 0.25) is 0 Å². The Bertz CT molecular complexity index is 533. The van der Waals surface area contributed by atoms with Crippen molar-refractivity contribution in [1.82, 2.24) is 0 Å². The normalized spacial score (nSPS) is 13.7. The monoisotopic (exact) mass is 538 g/mol. The Labute approximate surface area is 237 Å². The summed E-state index contributed by atoms with van der Waals surface area (Å²) in [7, 11) is 0. The number of esters is 2. The van der Waals surface area contributed by atoms with E-state index in [1.54, 1.807) is 0 Å². The van der Waals surface area contributed by atoms with Crippen molar-refractivity contribution in [2.45, 2.75) is 176 Å². The average Bonchev–Trinajstić information content (AvgIpc) is 2.93. The molecule has 0 spiro atoms. The van der Waals surface area contributed by atoms with Crippen LogP contribution in [-0.4, -0.2) is 25.2 Å². The average molecular weight is 539 g/mol. The smallest absolute Gasteiger partial charge is 0.308 e. The van der Waals surface area contributed by atoms with Gasteiger partial charge in [-0.15, -0.1) is 0 Å². The first-order valence-corrected chi connectivity index (χ1v) is 16.8. The molecule has 3 atom stereocenters. The summed E-state index contributed by atoms with van der Waals surface area (Å²) in [6.07, 6.45) is 24.6. The van der Waals surface area contributed by atoms with Crippen molar-refractivity contribution >= 4 is 11.9 Å². The molecule has 0 saturated carbocycles. The lowest BCUT2D eigenvalue weighted by molar-refractivity contribution is -0.150. The molecule has 0 radical (unpaired) electrons. The zero-order valence-corrected chi connectivity index (χ0v) is 26.3. The Morgan fingerprint density at radius 3 is 1.45 bits per heavy atom. The van der Waals surface area contributed by atoms with Gasteiger partial charge in [-0.05, 0) is 43.9 Å². The molecule has 0 amide bonds. The van der Waals surface area contributed by atoms with Crippen LogP contribution in [0.15, 0.2) is 0 Å². The molecule has 0 saturated heterocycles. The van der Waals surface area contributed by atoms with Crippen LogP contribution in [0, 0.1) is 17.8 Å². The minimum Gasteiger partial charge on any atom is -0.465 e. The molecule has 0 heterocycles. The minimum absolute atomic E-state index is 0.0361. The maximum absolute atomic E-state index is 13.0. The second kappa shape index (κ2) is 27.5. The van der Waals surface area contributed by atoms with Gasteiger partial charge in [0.25, 0.3) is 0 Å². The lowest BCUT2D eigenvalue weighted by Gasteiger charge is -2.19. The van der Waals surface area contributed by atoms with E-state index >= 15 is 0 Å². The first-order valence-electron chi connectivity index (χ1n) is 16.8. The fourth-order valence-corrected chi connectivity index (χ4v) is 5.14. The van der Waals surface area contributed by atoms with Gasteiger partial charge in [0, 0.05) is 6.42 Å². The van der Waals surface area contributed by atoms with Gasteiger partial charge < -0.3 is 9.47 Å². The number of carbonyl (C=O) groups is 2. The highest BCUT2D eigenvalue weighted by atomic mass is 16.5. The van der Waals surface area contributed by atoms with E-state index in [1.165, 1.54) is 57.8 Å². The van der Waals surface area contributed by atoms with E-state index in [-0.39, 0.29) is 17.9 Å². The summed E-state index contributed by atoms with van der Waals surface area (Å²) in [6, 6.07) is 0. The van der Waals surface area contributed by atoms with Crippen LogP contribution in [0.1, 0.15) is 176 Å². The summed E-state index contributed by atoms with van der Waals surface area (Å²) < 4.78 is 11.4. The number of carbonyl (C=O) groups excluding carboxylic acids is 2. The predicted octanol–water partition coefficient (Wildman–Crippen LogP) is 10.6. The zero-order valence-electron chi connectivity index (χ0n) is 26.3. The lowest BCUT2D eigenvalue weighted by Crippen LogP contribution is -2.21. The molecule has 3 unspecified atom stereocenters. The summed E-state index contributed by atoms with van der Waals surface area (Å²) in [4.78, 5) is 25.0. The molecule has 0 rings (SSSR count). The fraction of sp³-hybridized carbons (Fsp3) is 0.941. The lowest BCUT2D eigenvalue weighted by atomic mass is 9.94. The maximum atomic E-state index is 13.0. The molecule has 226 valence electrons. The number of rotatable bonds is 28. The topological polar surface area (TPSA) is 52.6 Å². The Morgan fingerprint density at radius 2 is 0.947 bits per heavy atom. The molecule has 0 fully saturated rings. The van der Waals surface area contributed by atoms with Crippen molar-refractivity contribution in [3.8, 4) is 0 Å². The molecule has 0 aliphatic rings. The molecule has 0 aromatic heterocycles. The van der Waals surface area contributed by atoms with E-state index in [0.29, 0.717) is 31.5 Å². The number of unbranched alkanes of at least 4 members (excludes halogenated alkanes) is 11. The summed E-state index contributed by atoms with van der Waals surface area (Å²) in [6.45, 7) is 12.2. The molecule has 0 N–H and O–H groups in total. The highest BCUT2D eigenvalue weighted by Gasteiger charge is 2.21. The molecule has 4 nitrogen and oxygen atoms in total. The number of ether oxygens (including phenoxy) is 2. The van der Waals surface area contributed by atoms with E-state index in [1.807, 2.05) is 0 Å². The molecule has 38 heavy (non-hydrogen) atoms. The largest absolute Gasteiger partial charge is 0.465 e. The molecule has 0 bridgehead atoms. The van der Waals surface area contributed by atoms with Crippen molar-refractivity contribution in [1.29, 1.82) is 0 Å². The van der Waals surface area contributed by atoms with Crippen molar-refractivity contribution in [2.24, 2.45) is 17.8 Å². The molecular weight excluding hydrogens is 472 g/mol. The molecule has 0 aliphatic heterocycles. The van der Waals surface area contributed by atoms with Gasteiger partial charge >= 0.3 is 11.9 Å². The van der Waals surface area contributed by atoms with Gasteiger partial charge in [0.2, 0.25) is 0 Å². The van der Waals surface area contributed by atoms with Crippen molar-refractivity contribution < 1.29 is 19.1 Å². The number of hydrogen-bond donors (Lipinski definition) is 0. The SMILES string of the molecule is CCCCCCCCC(CCCCCCCC(=O)OCC(CC)CCCC)C(=O)OCC(CC)CCCC. The van der Waals surface area contributed by atoms with Gasteiger partial charge in [-0.2, -0.15) is 0 Å². The van der Waals surface area contributed by atoms with Gasteiger partial charge in [-0.25, -0.2) is 0 Å². The Kier molecular flexibility index (Phi) is 26.7. The minimum atomic E-state index is -0.0361. The number of hydrogen-bond acceptors (Lipinski definition) is 4. The Hall–Kier alpha value is -1.06. The van der Waals surface area contributed by atoms with Crippen LogP contribution in [0.3, 0.4) is 0 Å². The van der Waals surface area contributed by atoms with E-state index in [9.17, 15) is 9.59 Å². The maximum Gasteiger partial charge on any atom is 0.308 e. The fourth-order valence-electron chi connectivity index (χ4n) is 5.14. The quantitative estimate of drug-likeness (QED) is 0.0734. The van der Waals surface area contributed by atoms with E-state index in [4.69, 9.17) is 9.47 Å². The molecule has 4 heteroatoms. The van der Waals surface area contributed by atoms with Crippen LogP contribution < -0.4 is 0 Å².